The van der Waals surface area contributed by atoms with Gasteiger partial charge in [-0.3, -0.25) is 10.1 Å². The Kier molecular flexibility index (Phi) is 15.6. The number of unbranched alkanes of at least 4 members (excludes halogenated alkanes) is 9. The SMILES string of the molecule is CCCCCCCCCCCCc1ccc(/N=N/c2ccc(N(CC)CCNCC=O)cc2)c([N+](=O)[O-])c1. The highest BCUT2D eigenvalue weighted by Crippen LogP contribution is 2.31. The summed E-state index contributed by atoms with van der Waals surface area (Å²) in [5.74, 6) is 0. The molecule has 0 saturated carbocycles. The minimum atomic E-state index is -0.378. The van der Waals surface area contributed by atoms with E-state index in [0.717, 1.165) is 49.9 Å². The third kappa shape index (κ3) is 11.9. The van der Waals surface area contributed by atoms with Gasteiger partial charge in [0.1, 0.15) is 6.29 Å². The van der Waals surface area contributed by atoms with E-state index in [2.05, 4.69) is 34.3 Å². The van der Waals surface area contributed by atoms with Crippen LogP contribution in [0.2, 0.25) is 0 Å². The number of benzene rings is 2. The lowest BCUT2D eigenvalue weighted by Crippen LogP contribution is -2.32. The molecular weight excluding hydrogens is 478 g/mol. The molecule has 1 N–H and O–H groups in total. The summed E-state index contributed by atoms with van der Waals surface area (Å²) in [5, 5.41) is 23.2. The molecule has 2 rings (SSSR count). The van der Waals surface area contributed by atoms with Crippen LogP contribution in [0, 0.1) is 10.1 Å². The zero-order valence-electron chi connectivity index (χ0n) is 23.2. The van der Waals surface area contributed by atoms with Gasteiger partial charge < -0.3 is 15.0 Å². The van der Waals surface area contributed by atoms with Crippen molar-refractivity contribution in [1.82, 2.24) is 5.32 Å². The van der Waals surface area contributed by atoms with Crippen molar-refractivity contribution in [2.75, 3.05) is 31.1 Å². The number of aldehydes is 1. The lowest BCUT2D eigenvalue weighted by Gasteiger charge is -2.23. The number of likely N-dealkylation sites (N-methyl/N-ethyl adjacent to an activating group) is 1. The van der Waals surface area contributed by atoms with Crippen LogP contribution >= 0.6 is 0 Å². The number of nitrogens with zero attached hydrogens (tertiary/aromatic N) is 4. The predicted octanol–water partition coefficient (Wildman–Crippen LogP) is 8.09. The molecule has 208 valence electrons. The molecule has 0 saturated heterocycles. The first-order valence-corrected chi connectivity index (χ1v) is 14.3. The zero-order chi connectivity index (χ0) is 27.4. The fourth-order valence-corrected chi connectivity index (χ4v) is 4.46. The third-order valence-electron chi connectivity index (χ3n) is 6.71. The van der Waals surface area contributed by atoms with Crippen LogP contribution in [0.25, 0.3) is 0 Å². The van der Waals surface area contributed by atoms with Crippen molar-refractivity contribution in [2.24, 2.45) is 10.2 Å². The van der Waals surface area contributed by atoms with E-state index in [9.17, 15) is 14.9 Å². The molecule has 0 heterocycles. The molecule has 0 spiro atoms. The van der Waals surface area contributed by atoms with Gasteiger partial charge in [-0.2, -0.15) is 5.11 Å². The molecule has 0 bridgehead atoms. The molecule has 0 atom stereocenters. The molecule has 8 nitrogen and oxygen atoms in total. The number of nitro groups is 1. The summed E-state index contributed by atoms with van der Waals surface area (Å²) in [6, 6.07) is 12.9. The molecule has 2 aromatic carbocycles. The maximum Gasteiger partial charge on any atom is 0.296 e. The second-order valence-electron chi connectivity index (χ2n) is 9.68. The number of anilines is 1. The number of aryl methyl sites for hydroxylation is 1. The van der Waals surface area contributed by atoms with Crippen LogP contribution in [-0.4, -0.2) is 37.4 Å². The Bertz CT molecular complexity index is 978. The van der Waals surface area contributed by atoms with Crippen molar-refractivity contribution < 1.29 is 9.72 Å². The number of rotatable bonds is 21. The molecule has 0 aromatic heterocycles. The van der Waals surface area contributed by atoms with Crippen LogP contribution in [-0.2, 0) is 11.2 Å². The first-order chi connectivity index (χ1) is 18.6. The summed E-state index contributed by atoms with van der Waals surface area (Å²) in [5.41, 5.74) is 2.91. The first kappa shape index (κ1) is 31.1. The van der Waals surface area contributed by atoms with Crippen LogP contribution < -0.4 is 10.2 Å². The average molecular weight is 524 g/mol. The largest absolute Gasteiger partial charge is 0.371 e. The second-order valence-corrected chi connectivity index (χ2v) is 9.68. The Labute approximate surface area is 228 Å². The fourth-order valence-electron chi connectivity index (χ4n) is 4.46. The number of carbonyl (C=O) groups is 1. The van der Waals surface area contributed by atoms with E-state index < -0.39 is 0 Å². The zero-order valence-corrected chi connectivity index (χ0v) is 23.2. The van der Waals surface area contributed by atoms with Gasteiger partial charge in [-0.25, -0.2) is 0 Å². The lowest BCUT2D eigenvalue weighted by atomic mass is 10.0. The fraction of sp³-hybridized carbons (Fsp3) is 0.567. The maximum absolute atomic E-state index is 11.7. The quantitative estimate of drug-likeness (QED) is 0.0586. The number of nitro benzene ring substituents is 1. The Hall–Kier alpha value is -3.13. The van der Waals surface area contributed by atoms with Crippen molar-refractivity contribution in [3.05, 3.63) is 58.1 Å². The number of hydrogen-bond donors (Lipinski definition) is 1. The third-order valence-corrected chi connectivity index (χ3v) is 6.71. The monoisotopic (exact) mass is 523 g/mol. The molecule has 0 aliphatic rings. The van der Waals surface area contributed by atoms with E-state index in [1.807, 2.05) is 30.3 Å². The smallest absolute Gasteiger partial charge is 0.296 e. The average Bonchev–Trinajstić information content (AvgIpc) is 2.93. The van der Waals surface area contributed by atoms with Crippen molar-refractivity contribution >= 4 is 29.0 Å². The van der Waals surface area contributed by atoms with Crippen LogP contribution in [0.1, 0.15) is 83.6 Å². The highest BCUT2D eigenvalue weighted by atomic mass is 16.6. The normalized spacial score (nSPS) is 11.2. The number of azo groups is 1. The number of hydrogen-bond acceptors (Lipinski definition) is 7. The molecule has 38 heavy (non-hydrogen) atoms. The summed E-state index contributed by atoms with van der Waals surface area (Å²) >= 11 is 0. The Morgan fingerprint density at radius 1 is 0.895 bits per heavy atom. The standard InChI is InChI=1S/C30H45N5O3/c1-3-5-6-7-8-9-10-11-12-13-14-26-15-20-29(30(25-26)35(37)38)33-32-27-16-18-28(19-17-27)34(4-2)23-21-31-22-24-36/h15-20,24-25,31H,3-14,21-23H2,1-2H3/b33-32+. The van der Waals surface area contributed by atoms with Gasteiger partial charge in [-0.15, -0.1) is 5.11 Å². The van der Waals surface area contributed by atoms with Crippen LogP contribution in [0.5, 0.6) is 0 Å². The van der Waals surface area contributed by atoms with Crippen molar-refractivity contribution in [1.29, 1.82) is 0 Å². The van der Waals surface area contributed by atoms with E-state index in [1.54, 1.807) is 12.1 Å². The Balaban J connectivity index is 1.85. The Morgan fingerprint density at radius 3 is 2.16 bits per heavy atom. The highest BCUT2D eigenvalue weighted by molar-refractivity contribution is 5.59. The second kappa shape index (κ2) is 19.0. The number of nitrogens with one attached hydrogen (secondary N) is 1. The molecule has 0 unspecified atom stereocenters. The van der Waals surface area contributed by atoms with Gasteiger partial charge in [0.2, 0.25) is 0 Å². The van der Waals surface area contributed by atoms with Crippen molar-refractivity contribution in [2.45, 2.75) is 84.5 Å². The summed E-state index contributed by atoms with van der Waals surface area (Å²) in [7, 11) is 0. The van der Waals surface area contributed by atoms with Gasteiger partial charge in [-0.05, 0) is 55.7 Å². The molecule has 0 radical (unpaired) electrons. The van der Waals surface area contributed by atoms with E-state index in [0.29, 0.717) is 18.8 Å². The van der Waals surface area contributed by atoms with E-state index in [-0.39, 0.29) is 16.3 Å². The first-order valence-electron chi connectivity index (χ1n) is 14.3. The van der Waals surface area contributed by atoms with E-state index in [4.69, 9.17) is 0 Å². The molecule has 0 fully saturated rings. The minimum Gasteiger partial charge on any atom is -0.371 e. The van der Waals surface area contributed by atoms with Gasteiger partial charge in [0.25, 0.3) is 5.69 Å². The molecule has 0 aliphatic heterocycles. The molecule has 2 aromatic rings. The topological polar surface area (TPSA) is 100 Å². The summed E-state index contributed by atoms with van der Waals surface area (Å²) in [4.78, 5) is 23.9. The van der Waals surface area contributed by atoms with Crippen molar-refractivity contribution in [3.63, 3.8) is 0 Å². The summed E-state index contributed by atoms with van der Waals surface area (Å²) < 4.78 is 0. The summed E-state index contributed by atoms with van der Waals surface area (Å²) in [6.45, 7) is 7.00. The van der Waals surface area contributed by atoms with E-state index in [1.165, 1.54) is 51.4 Å². The van der Waals surface area contributed by atoms with E-state index >= 15 is 0 Å². The maximum atomic E-state index is 11.7. The molecule has 8 heteroatoms. The number of carbonyl (C=O) groups excluding carboxylic acids is 1. The Morgan fingerprint density at radius 2 is 1.55 bits per heavy atom. The van der Waals surface area contributed by atoms with Gasteiger partial charge in [0.05, 0.1) is 17.2 Å². The minimum absolute atomic E-state index is 0.00469. The lowest BCUT2D eigenvalue weighted by molar-refractivity contribution is -0.384. The van der Waals surface area contributed by atoms with Gasteiger partial charge in [0.15, 0.2) is 5.69 Å². The summed E-state index contributed by atoms with van der Waals surface area (Å²) in [6.07, 6.45) is 14.4. The molecule has 0 amide bonds. The predicted molar refractivity (Wildman–Crippen MR) is 156 cm³/mol. The van der Waals surface area contributed by atoms with Crippen LogP contribution in [0.4, 0.5) is 22.7 Å². The van der Waals surface area contributed by atoms with Gasteiger partial charge in [0, 0.05) is 31.4 Å². The van der Waals surface area contributed by atoms with Crippen LogP contribution in [0.3, 0.4) is 0 Å². The van der Waals surface area contributed by atoms with Crippen LogP contribution in [0.15, 0.2) is 52.7 Å². The van der Waals surface area contributed by atoms with Crippen molar-refractivity contribution in [3.8, 4) is 0 Å². The van der Waals surface area contributed by atoms with Gasteiger partial charge >= 0.3 is 0 Å². The molecular formula is C30H45N5O3. The van der Waals surface area contributed by atoms with Gasteiger partial charge in [-0.1, -0.05) is 70.8 Å². The highest BCUT2D eigenvalue weighted by Gasteiger charge is 2.14. The molecule has 0 aliphatic carbocycles.